The molecule has 0 bridgehead atoms. The first-order valence-electron chi connectivity index (χ1n) is 7.44. The van der Waals surface area contributed by atoms with Crippen LogP contribution < -0.4 is 5.73 Å². The van der Waals surface area contributed by atoms with Crippen LogP contribution >= 0.6 is 0 Å². The molecule has 0 aliphatic heterocycles. The van der Waals surface area contributed by atoms with Gasteiger partial charge in [-0.1, -0.05) is 69.2 Å². The summed E-state index contributed by atoms with van der Waals surface area (Å²) in [5.41, 5.74) is 7.94. The molecular formula is C18H25N. The first kappa shape index (κ1) is 14.1. The SMILES string of the molecule is CCCCC(N)(CC)Cc1cccc2ccccc12. The molecule has 0 amide bonds. The lowest BCUT2D eigenvalue weighted by atomic mass is 9.83. The smallest absolute Gasteiger partial charge is 0.0192 e. The Hall–Kier alpha value is -1.34. The molecule has 0 aromatic heterocycles. The zero-order valence-electron chi connectivity index (χ0n) is 12.2. The highest BCUT2D eigenvalue weighted by atomic mass is 14.7. The van der Waals surface area contributed by atoms with Gasteiger partial charge >= 0.3 is 0 Å². The molecule has 1 atom stereocenters. The summed E-state index contributed by atoms with van der Waals surface area (Å²) in [6.45, 7) is 4.44. The standard InChI is InChI=1S/C18H25N/c1-3-5-13-18(19,4-2)14-16-11-8-10-15-9-6-7-12-17(15)16/h6-12H,3-5,13-14,19H2,1-2H3. The van der Waals surface area contributed by atoms with Gasteiger partial charge in [-0.25, -0.2) is 0 Å². The normalized spacial score (nSPS) is 14.5. The van der Waals surface area contributed by atoms with Gasteiger partial charge in [0.05, 0.1) is 0 Å². The minimum absolute atomic E-state index is 0.0554. The van der Waals surface area contributed by atoms with Crippen molar-refractivity contribution in [2.24, 2.45) is 5.73 Å². The molecule has 0 saturated heterocycles. The van der Waals surface area contributed by atoms with E-state index in [0.29, 0.717) is 0 Å². The molecule has 0 aliphatic carbocycles. The van der Waals surface area contributed by atoms with Crippen LogP contribution in [0.15, 0.2) is 42.5 Å². The number of fused-ring (bicyclic) bond motifs is 1. The van der Waals surface area contributed by atoms with Crippen LogP contribution in [0.25, 0.3) is 10.8 Å². The van der Waals surface area contributed by atoms with Gasteiger partial charge in [-0.3, -0.25) is 0 Å². The second kappa shape index (κ2) is 6.21. The number of rotatable bonds is 6. The van der Waals surface area contributed by atoms with Crippen molar-refractivity contribution in [3.63, 3.8) is 0 Å². The van der Waals surface area contributed by atoms with Gasteiger partial charge in [0.1, 0.15) is 0 Å². The van der Waals surface area contributed by atoms with Crippen molar-refractivity contribution >= 4 is 10.8 Å². The molecule has 2 N–H and O–H groups in total. The molecule has 0 heterocycles. The van der Waals surface area contributed by atoms with Crippen LogP contribution in [0.1, 0.15) is 45.1 Å². The van der Waals surface area contributed by atoms with Crippen molar-refractivity contribution in [2.45, 2.75) is 51.5 Å². The average Bonchev–Trinajstić information content (AvgIpc) is 2.46. The molecule has 0 spiro atoms. The van der Waals surface area contributed by atoms with E-state index in [2.05, 4.69) is 56.3 Å². The van der Waals surface area contributed by atoms with Crippen LogP contribution in [0.4, 0.5) is 0 Å². The first-order chi connectivity index (χ1) is 9.18. The van der Waals surface area contributed by atoms with Crippen LogP contribution in [0.5, 0.6) is 0 Å². The summed E-state index contributed by atoms with van der Waals surface area (Å²) in [4.78, 5) is 0. The van der Waals surface area contributed by atoms with E-state index in [0.717, 1.165) is 19.3 Å². The number of unbranched alkanes of at least 4 members (excludes halogenated alkanes) is 1. The lowest BCUT2D eigenvalue weighted by molar-refractivity contribution is 0.366. The third-order valence-electron chi connectivity index (χ3n) is 4.15. The zero-order chi connectivity index (χ0) is 13.7. The first-order valence-corrected chi connectivity index (χ1v) is 7.44. The second-order valence-corrected chi connectivity index (χ2v) is 5.63. The van der Waals surface area contributed by atoms with Gasteiger partial charge in [0.25, 0.3) is 0 Å². The largest absolute Gasteiger partial charge is 0.325 e. The highest BCUT2D eigenvalue weighted by Crippen LogP contribution is 2.26. The van der Waals surface area contributed by atoms with Gasteiger partial charge in [0.2, 0.25) is 0 Å². The Kier molecular flexibility index (Phi) is 4.60. The topological polar surface area (TPSA) is 26.0 Å². The Bertz CT molecular complexity index is 527. The fourth-order valence-corrected chi connectivity index (χ4v) is 2.74. The van der Waals surface area contributed by atoms with Crippen LogP contribution in [0, 0.1) is 0 Å². The van der Waals surface area contributed by atoms with Crippen molar-refractivity contribution < 1.29 is 0 Å². The summed E-state index contributed by atoms with van der Waals surface area (Å²) >= 11 is 0. The maximum Gasteiger partial charge on any atom is 0.0192 e. The lowest BCUT2D eigenvalue weighted by Crippen LogP contribution is -2.41. The van der Waals surface area contributed by atoms with Crippen molar-refractivity contribution in [3.8, 4) is 0 Å². The Morgan fingerprint density at radius 1 is 1.00 bits per heavy atom. The van der Waals surface area contributed by atoms with Gasteiger partial charge in [0, 0.05) is 5.54 Å². The molecule has 0 fully saturated rings. The highest BCUT2D eigenvalue weighted by molar-refractivity contribution is 5.85. The average molecular weight is 255 g/mol. The summed E-state index contributed by atoms with van der Waals surface area (Å²) in [5, 5.41) is 2.67. The molecule has 102 valence electrons. The fraction of sp³-hybridized carbons (Fsp3) is 0.444. The summed E-state index contributed by atoms with van der Waals surface area (Å²) in [5.74, 6) is 0. The second-order valence-electron chi connectivity index (χ2n) is 5.63. The molecule has 19 heavy (non-hydrogen) atoms. The van der Waals surface area contributed by atoms with Crippen molar-refractivity contribution in [1.29, 1.82) is 0 Å². The zero-order valence-corrected chi connectivity index (χ0v) is 12.2. The number of hydrogen-bond donors (Lipinski definition) is 1. The van der Waals surface area contributed by atoms with Gasteiger partial charge < -0.3 is 5.73 Å². The molecule has 2 aromatic rings. The van der Waals surface area contributed by atoms with E-state index in [1.807, 2.05) is 0 Å². The minimum Gasteiger partial charge on any atom is -0.325 e. The number of hydrogen-bond acceptors (Lipinski definition) is 1. The van der Waals surface area contributed by atoms with Crippen LogP contribution in [0.3, 0.4) is 0 Å². The minimum atomic E-state index is -0.0554. The van der Waals surface area contributed by atoms with Gasteiger partial charge in [0.15, 0.2) is 0 Å². The van der Waals surface area contributed by atoms with E-state index in [1.54, 1.807) is 0 Å². The highest BCUT2D eigenvalue weighted by Gasteiger charge is 2.23. The van der Waals surface area contributed by atoms with E-state index in [-0.39, 0.29) is 5.54 Å². The Labute approximate surface area is 116 Å². The molecular weight excluding hydrogens is 230 g/mol. The van der Waals surface area contributed by atoms with Crippen LogP contribution in [0.2, 0.25) is 0 Å². The van der Waals surface area contributed by atoms with Gasteiger partial charge in [-0.2, -0.15) is 0 Å². The van der Waals surface area contributed by atoms with E-state index >= 15 is 0 Å². The molecule has 1 heteroatoms. The summed E-state index contributed by atoms with van der Waals surface area (Å²) in [7, 11) is 0. The Morgan fingerprint density at radius 3 is 2.47 bits per heavy atom. The fourth-order valence-electron chi connectivity index (χ4n) is 2.74. The van der Waals surface area contributed by atoms with Crippen LogP contribution in [-0.4, -0.2) is 5.54 Å². The number of benzene rings is 2. The Morgan fingerprint density at radius 2 is 1.74 bits per heavy atom. The third kappa shape index (κ3) is 3.36. The van der Waals surface area contributed by atoms with E-state index in [1.165, 1.54) is 29.2 Å². The van der Waals surface area contributed by atoms with Gasteiger partial charge in [-0.15, -0.1) is 0 Å². The van der Waals surface area contributed by atoms with E-state index in [4.69, 9.17) is 5.73 Å². The summed E-state index contributed by atoms with van der Waals surface area (Å²) in [6, 6.07) is 15.1. The third-order valence-corrected chi connectivity index (χ3v) is 4.15. The molecule has 0 radical (unpaired) electrons. The van der Waals surface area contributed by atoms with Crippen LogP contribution in [-0.2, 0) is 6.42 Å². The Balaban J connectivity index is 2.29. The van der Waals surface area contributed by atoms with E-state index < -0.39 is 0 Å². The lowest BCUT2D eigenvalue weighted by Gasteiger charge is -2.29. The monoisotopic (exact) mass is 255 g/mol. The van der Waals surface area contributed by atoms with Crippen molar-refractivity contribution in [3.05, 3.63) is 48.0 Å². The summed E-state index contributed by atoms with van der Waals surface area (Å²) < 4.78 is 0. The molecule has 0 aliphatic rings. The maximum atomic E-state index is 6.61. The van der Waals surface area contributed by atoms with Crippen molar-refractivity contribution in [1.82, 2.24) is 0 Å². The number of nitrogens with two attached hydrogens (primary N) is 1. The molecule has 0 saturated carbocycles. The molecule has 1 unspecified atom stereocenters. The maximum absolute atomic E-state index is 6.61. The molecule has 2 rings (SSSR count). The van der Waals surface area contributed by atoms with Crippen molar-refractivity contribution in [2.75, 3.05) is 0 Å². The van der Waals surface area contributed by atoms with E-state index in [9.17, 15) is 0 Å². The summed E-state index contributed by atoms with van der Waals surface area (Å²) in [6.07, 6.45) is 5.56. The predicted octanol–water partition coefficient (Wildman–Crippen LogP) is 4.68. The predicted molar refractivity (Wildman–Crippen MR) is 84.4 cm³/mol. The molecule has 1 nitrogen and oxygen atoms in total. The van der Waals surface area contributed by atoms with Gasteiger partial charge in [-0.05, 0) is 35.6 Å². The quantitative estimate of drug-likeness (QED) is 0.797. The molecule has 2 aromatic carbocycles.